The van der Waals surface area contributed by atoms with Crippen molar-refractivity contribution in [2.75, 3.05) is 7.11 Å². The van der Waals surface area contributed by atoms with Crippen molar-refractivity contribution in [2.24, 2.45) is 0 Å². The zero-order chi connectivity index (χ0) is 20.0. The molecular formula is C23H18FN3O2. The first kappa shape index (κ1) is 17.4. The Morgan fingerprint density at radius 1 is 1.10 bits per heavy atom. The topological polar surface area (TPSA) is 58.2 Å². The van der Waals surface area contributed by atoms with E-state index in [9.17, 15) is 9.18 Å². The van der Waals surface area contributed by atoms with Crippen LogP contribution in [0.25, 0.3) is 11.0 Å². The van der Waals surface area contributed by atoms with Crippen molar-refractivity contribution in [3.05, 3.63) is 95.1 Å². The number of carbonyl (C=O) groups excluding carboxylic acids is 1. The van der Waals surface area contributed by atoms with Crippen molar-refractivity contribution in [3.8, 4) is 5.75 Å². The fraction of sp³-hybridized carbons (Fsp3) is 0.130. The van der Waals surface area contributed by atoms with Crippen LogP contribution in [0, 0.1) is 5.82 Å². The quantitative estimate of drug-likeness (QED) is 0.563. The number of nitrogens with zero attached hydrogens (tertiary/aromatic N) is 2. The van der Waals surface area contributed by atoms with E-state index in [4.69, 9.17) is 4.74 Å². The van der Waals surface area contributed by atoms with Crippen LogP contribution in [0.1, 0.15) is 33.4 Å². The second-order valence-electron chi connectivity index (χ2n) is 7.02. The average molecular weight is 387 g/mol. The number of aromatic amines is 1. The Morgan fingerprint density at radius 3 is 2.72 bits per heavy atom. The number of rotatable bonds is 4. The maximum atomic E-state index is 13.7. The first-order chi connectivity index (χ1) is 14.2. The Kier molecular flexibility index (Phi) is 4.05. The fourth-order valence-electron chi connectivity index (χ4n) is 3.97. The highest BCUT2D eigenvalue weighted by molar-refractivity contribution is 5.98. The van der Waals surface area contributed by atoms with Crippen molar-refractivity contribution in [1.82, 2.24) is 14.9 Å². The number of para-hydroxylation sites is 1. The second kappa shape index (κ2) is 6.74. The number of hydrogen-bond acceptors (Lipinski definition) is 3. The average Bonchev–Trinajstić information content (AvgIpc) is 3.30. The minimum absolute atomic E-state index is 0.0665. The number of H-pyrrole nitrogens is 1. The molecular weight excluding hydrogens is 369 g/mol. The van der Waals surface area contributed by atoms with Gasteiger partial charge < -0.3 is 14.6 Å². The van der Waals surface area contributed by atoms with Crippen LogP contribution in [0.15, 0.2) is 66.7 Å². The molecule has 0 saturated heterocycles. The third kappa shape index (κ3) is 2.84. The molecule has 4 aromatic rings. The molecule has 3 aromatic carbocycles. The van der Waals surface area contributed by atoms with E-state index in [0.29, 0.717) is 34.7 Å². The zero-order valence-corrected chi connectivity index (χ0v) is 15.7. The number of hydrogen-bond donors (Lipinski definition) is 1. The monoisotopic (exact) mass is 387 g/mol. The highest BCUT2D eigenvalue weighted by atomic mass is 19.1. The predicted molar refractivity (Wildman–Crippen MR) is 107 cm³/mol. The van der Waals surface area contributed by atoms with Crippen molar-refractivity contribution < 1.29 is 13.9 Å². The van der Waals surface area contributed by atoms with E-state index < -0.39 is 6.04 Å². The molecule has 1 amide bonds. The molecule has 1 aromatic heterocycles. The standard InChI is InChI=1S/C23H18FN3O2/c1-29-20-9-5-4-8-17(20)21(22-25-18-11-10-15(24)12-19(18)26-22)27-13-14-6-2-3-7-16(14)23(27)28/h2-12,21H,13H2,1H3,(H,25,26). The third-order valence-corrected chi connectivity index (χ3v) is 5.32. The summed E-state index contributed by atoms with van der Waals surface area (Å²) in [5.41, 5.74) is 3.71. The van der Waals surface area contributed by atoms with Gasteiger partial charge in [-0.05, 0) is 35.9 Å². The molecule has 0 aliphatic carbocycles. The van der Waals surface area contributed by atoms with E-state index in [2.05, 4.69) is 9.97 Å². The van der Waals surface area contributed by atoms with Gasteiger partial charge in [-0.25, -0.2) is 9.37 Å². The lowest BCUT2D eigenvalue weighted by Gasteiger charge is -2.28. The van der Waals surface area contributed by atoms with Gasteiger partial charge in [0.15, 0.2) is 0 Å². The molecule has 1 N–H and O–H groups in total. The molecule has 1 aliphatic heterocycles. The first-order valence-electron chi connectivity index (χ1n) is 9.32. The number of aromatic nitrogens is 2. The van der Waals surface area contributed by atoms with E-state index in [1.54, 1.807) is 18.1 Å². The summed E-state index contributed by atoms with van der Waals surface area (Å²) in [4.78, 5) is 22.9. The van der Waals surface area contributed by atoms with Crippen LogP contribution < -0.4 is 4.74 Å². The van der Waals surface area contributed by atoms with Gasteiger partial charge in [0.05, 0.1) is 18.1 Å². The number of imidazole rings is 1. The number of fused-ring (bicyclic) bond motifs is 2. The zero-order valence-electron chi connectivity index (χ0n) is 15.7. The largest absolute Gasteiger partial charge is 0.496 e. The number of halogens is 1. The highest BCUT2D eigenvalue weighted by Crippen LogP contribution is 2.38. The van der Waals surface area contributed by atoms with E-state index in [1.807, 2.05) is 48.5 Å². The summed E-state index contributed by atoms with van der Waals surface area (Å²) in [6.07, 6.45) is 0. The summed E-state index contributed by atoms with van der Waals surface area (Å²) in [7, 11) is 1.60. The lowest BCUT2D eigenvalue weighted by molar-refractivity contribution is 0.0723. The molecule has 2 heterocycles. The van der Waals surface area contributed by atoms with Crippen molar-refractivity contribution >= 4 is 16.9 Å². The first-order valence-corrected chi connectivity index (χ1v) is 9.32. The van der Waals surface area contributed by atoms with E-state index in [-0.39, 0.29) is 11.7 Å². The Balaban J connectivity index is 1.69. The number of nitrogens with one attached hydrogen (secondary N) is 1. The molecule has 1 unspecified atom stereocenters. The Labute approximate surface area is 166 Å². The maximum Gasteiger partial charge on any atom is 0.255 e. The molecule has 29 heavy (non-hydrogen) atoms. The van der Waals surface area contributed by atoms with E-state index in [0.717, 1.165) is 11.1 Å². The van der Waals surface area contributed by atoms with Gasteiger partial charge in [-0.3, -0.25) is 4.79 Å². The summed E-state index contributed by atoms with van der Waals surface area (Å²) < 4.78 is 19.3. The molecule has 144 valence electrons. The molecule has 6 heteroatoms. The summed E-state index contributed by atoms with van der Waals surface area (Å²) in [5, 5.41) is 0. The molecule has 5 nitrogen and oxygen atoms in total. The van der Waals surface area contributed by atoms with Crippen LogP contribution >= 0.6 is 0 Å². The second-order valence-corrected chi connectivity index (χ2v) is 7.02. The van der Waals surface area contributed by atoms with E-state index >= 15 is 0 Å². The van der Waals surface area contributed by atoms with Crippen LogP contribution in [-0.2, 0) is 6.54 Å². The van der Waals surface area contributed by atoms with Gasteiger partial charge in [0.25, 0.3) is 5.91 Å². The minimum Gasteiger partial charge on any atom is -0.496 e. The number of amides is 1. The number of methoxy groups -OCH3 is 1. The summed E-state index contributed by atoms with van der Waals surface area (Å²) in [6.45, 7) is 0.461. The van der Waals surface area contributed by atoms with Gasteiger partial charge in [0.2, 0.25) is 0 Å². The van der Waals surface area contributed by atoms with Crippen LogP contribution in [-0.4, -0.2) is 27.9 Å². The van der Waals surface area contributed by atoms with Crippen LogP contribution in [0.2, 0.25) is 0 Å². The number of benzene rings is 3. The minimum atomic E-state index is -0.499. The SMILES string of the molecule is COc1ccccc1C(c1nc2ccc(F)cc2[nH]1)N1Cc2ccccc2C1=O. The Morgan fingerprint density at radius 2 is 1.90 bits per heavy atom. The lowest BCUT2D eigenvalue weighted by atomic mass is 10.0. The normalized spacial score (nSPS) is 14.3. The summed E-state index contributed by atoms with van der Waals surface area (Å²) >= 11 is 0. The number of ether oxygens (including phenoxy) is 1. The van der Waals surface area contributed by atoms with Gasteiger partial charge in [0.1, 0.15) is 23.4 Å². The Bertz CT molecular complexity index is 1230. The third-order valence-electron chi connectivity index (χ3n) is 5.32. The van der Waals surface area contributed by atoms with Gasteiger partial charge in [-0.1, -0.05) is 36.4 Å². The van der Waals surface area contributed by atoms with Gasteiger partial charge in [-0.2, -0.15) is 0 Å². The van der Waals surface area contributed by atoms with Crippen molar-refractivity contribution in [1.29, 1.82) is 0 Å². The molecule has 5 rings (SSSR count). The predicted octanol–water partition coefficient (Wildman–Crippen LogP) is 4.46. The van der Waals surface area contributed by atoms with Crippen LogP contribution in [0.5, 0.6) is 5.75 Å². The van der Waals surface area contributed by atoms with Crippen molar-refractivity contribution in [3.63, 3.8) is 0 Å². The molecule has 0 spiro atoms. The smallest absolute Gasteiger partial charge is 0.255 e. The molecule has 0 radical (unpaired) electrons. The molecule has 0 bridgehead atoms. The molecule has 0 saturated carbocycles. The van der Waals surface area contributed by atoms with Crippen LogP contribution in [0.3, 0.4) is 0 Å². The summed E-state index contributed by atoms with van der Waals surface area (Å²) in [6, 6.07) is 19.1. The van der Waals surface area contributed by atoms with Gasteiger partial charge >= 0.3 is 0 Å². The molecule has 1 atom stereocenters. The van der Waals surface area contributed by atoms with Gasteiger partial charge in [0, 0.05) is 17.7 Å². The van der Waals surface area contributed by atoms with E-state index in [1.165, 1.54) is 12.1 Å². The lowest BCUT2D eigenvalue weighted by Crippen LogP contribution is -2.31. The molecule has 1 aliphatic rings. The Hall–Kier alpha value is -3.67. The van der Waals surface area contributed by atoms with Crippen molar-refractivity contribution in [2.45, 2.75) is 12.6 Å². The van der Waals surface area contributed by atoms with Gasteiger partial charge in [-0.15, -0.1) is 0 Å². The van der Waals surface area contributed by atoms with Crippen LogP contribution in [0.4, 0.5) is 4.39 Å². The highest BCUT2D eigenvalue weighted by Gasteiger charge is 2.37. The molecule has 0 fully saturated rings. The fourth-order valence-corrected chi connectivity index (χ4v) is 3.97. The maximum absolute atomic E-state index is 13.7. The summed E-state index contributed by atoms with van der Waals surface area (Å²) in [5.74, 6) is 0.818. The number of carbonyl (C=O) groups is 1.